The summed E-state index contributed by atoms with van der Waals surface area (Å²) in [6.45, 7) is 1.90. The first-order chi connectivity index (χ1) is 14.1. The molecule has 0 amide bonds. The van der Waals surface area contributed by atoms with Gasteiger partial charge in [0.25, 0.3) is 5.89 Å². The molecule has 4 rings (SSSR count). The SMILES string of the molecule is Cc1cn(N=Cc2ccc(F)c(-c3noc(COc4ccccc4)n3)c2)c(N)n1. The van der Waals surface area contributed by atoms with Crippen LogP contribution in [-0.4, -0.2) is 26.0 Å². The van der Waals surface area contributed by atoms with Crippen LogP contribution >= 0.6 is 0 Å². The summed E-state index contributed by atoms with van der Waals surface area (Å²) >= 11 is 0. The molecule has 29 heavy (non-hydrogen) atoms. The van der Waals surface area contributed by atoms with Crippen LogP contribution in [0.25, 0.3) is 11.4 Å². The van der Waals surface area contributed by atoms with E-state index in [2.05, 4.69) is 20.2 Å². The molecule has 0 aliphatic rings. The molecule has 2 aromatic carbocycles. The molecule has 0 aliphatic carbocycles. The van der Waals surface area contributed by atoms with E-state index in [1.54, 1.807) is 24.5 Å². The highest BCUT2D eigenvalue weighted by molar-refractivity contribution is 5.82. The number of benzene rings is 2. The number of nitrogens with two attached hydrogens (primary N) is 1. The molecule has 8 nitrogen and oxygen atoms in total. The number of hydrogen-bond donors (Lipinski definition) is 1. The van der Waals surface area contributed by atoms with Crippen LogP contribution in [0.5, 0.6) is 5.75 Å². The van der Waals surface area contributed by atoms with Crippen LogP contribution in [-0.2, 0) is 6.61 Å². The summed E-state index contributed by atoms with van der Waals surface area (Å²) in [5.74, 6) is 0.829. The number of rotatable bonds is 6. The minimum atomic E-state index is -0.475. The average Bonchev–Trinajstić information content (AvgIpc) is 3.32. The summed E-state index contributed by atoms with van der Waals surface area (Å²) in [6.07, 6.45) is 3.23. The van der Waals surface area contributed by atoms with Crippen LogP contribution in [0.2, 0.25) is 0 Å². The number of imidazole rings is 1. The molecular weight excluding hydrogens is 375 g/mol. The number of anilines is 1. The van der Waals surface area contributed by atoms with Crippen LogP contribution in [0.15, 0.2) is 64.4 Å². The topological polar surface area (TPSA) is 104 Å². The first-order valence-corrected chi connectivity index (χ1v) is 8.74. The Bertz CT molecular complexity index is 1150. The van der Waals surface area contributed by atoms with Gasteiger partial charge < -0.3 is 15.0 Å². The van der Waals surface area contributed by atoms with Crippen molar-refractivity contribution in [3.05, 3.63) is 77.7 Å². The van der Waals surface area contributed by atoms with Gasteiger partial charge in [0.2, 0.25) is 11.8 Å². The van der Waals surface area contributed by atoms with Gasteiger partial charge in [-0.3, -0.25) is 0 Å². The number of nitrogens with zero attached hydrogens (tertiary/aromatic N) is 5. The lowest BCUT2D eigenvalue weighted by atomic mass is 10.1. The zero-order chi connectivity index (χ0) is 20.2. The standard InChI is InChI=1S/C20H17FN6O2/c1-13-11-27(20(22)24-13)23-10-14-7-8-17(21)16(9-14)19-25-18(29-26-19)12-28-15-5-3-2-4-6-15/h2-11H,12H2,1H3,(H2,22,24). The van der Waals surface area contributed by atoms with E-state index in [4.69, 9.17) is 15.0 Å². The Balaban J connectivity index is 1.52. The summed E-state index contributed by atoms with van der Waals surface area (Å²) in [7, 11) is 0. The van der Waals surface area contributed by atoms with Gasteiger partial charge in [0.15, 0.2) is 6.61 Å². The zero-order valence-electron chi connectivity index (χ0n) is 15.5. The number of aryl methyl sites for hydroxylation is 1. The smallest absolute Gasteiger partial charge is 0.264 e. The van der Waals surface area contributed by atoms with Gasteiger partial charge in [-0.05, 0) is 36.8 Å². The number of nitrogen functional groups attached to an aromatic ring is 1. The normalized spacial score (nSPS) is 11.2. The van der Waals surface area contributed by atoms with Crippen molar-refractivity contribution in [2.75, 3.05) is 5.73 Å². The predicted octanol–water partition coefficient (Wildman–Crippen LogP) is 3.42. The van der Waals surface area contributed by atoms with Gasteiger partial charge in [-0.15, -0.1) is 0 Å². The summed E-state index contributed by atoms with van der Waals surface area (Å²) in [5, 5.41) is 8.08. The molecule has 0 radical (unpaired) electrons. The number of hydrogen-bond acceptors (Lipinski definition) is 7. The maximum atomic E-state index is 14.3. The van der Waals surface area contributed by atoms with Crippen LogP contribution in [0.3, 0.4) is 0 Å². The van der Waals surface area contributed by atoms with Gasteiger partial charge in [0.1, 0.15) is 11.6 Å². The third kappa shape index (κ3) is 4.29. The number of para-hydroxylation sites is 1. The second kappa shape index (κ2) is 7.93. The van der Waals surface area contributed by atoms with E-state index >= 15 is 0 Å². The first-order valence-electron chi connectivity index (χ1n) is 8.74. The Morgan fingerprint density at radius 3 is 2.79 bits per heavy atom. The van der Waals surface area contributed by atoms with E-state index in [-0.39, 0.29) is 29.8 Å². The Hall–Kier alpha value is -4.01. The third-order valence-corrected chi connectivity index (χ3v) is 3.97. The minimum absolute atomic E-state index is 0.0824. The van der Waals surface area contributed by atoms with Gasteiger partial charge in [-0.25, -0.2) is 14.1 Å². The van der Waals surface area contributed by atoms with Crippen LogP contribution in [0.4, 0.5) is 10.3 Å². The Labute approximate surface area is 165 Å². The van der Waals surface area contributed by atoms with Crippen molar-refractivity contribution < 1.29 is 13.7 Å². The molecule has 0 saturated heterocycles. The fourth-order valence-corrected chi connectivity index (χ4v) is 2.60. The molecule has 0 spiro atoms. The van der Waals surface area contributed by atoms with Crippen molar-refractivity contribution in [1.82, 2.24) is 19.8 Å². The minimum Gasteiger partial charge on any atom is -0.484 e. The van der Waals surface area contributed by atoms with Gasteiger partial charge >= 0.3 is 0 Å². The van der Waals surface area contributed by atoms with Crippen molar-refractivity contribution in [3.8, 4) is 17.1 Å². The van der Waals surface area contributed by atoms with E-state index in [1.165, 1.54) is 10.7 Å². The van der Waals surface area contributed by atoms with Crippen molar-refractivity contribution in [2.45, 2.75) is 13.5 Å². The van der Waals surface area contributed by atoms with E-state index in [9.17, 15) is 4.39 Å². The lowest BCUT2D eigenvalue weighted by Gasteiger charge is -2.01. The number of aromatic nitrogens is 4. The van der Waals surface area contributed by atoms with Gasteiger partial charge in [-0.2, -0.15) is 10.1 Å². The molecule has 2 N–H and O–H groups in total. The highest BCUT2D eigenvalue weighted by Crippen LogP contribution is 2.21. The zero-order valence-corrected chi connectivity index (χ0v) is 15.5. The molecule has 146 valence electrons. The highest BCUT2D eigenvalue weighted by atomic mass is 19.1. The molecule has 9 heteroatoms. The van der Waals surface area contributed by atoms with Gasteiger partial charge in [-0.1, -0.05) is 29.4 Å². The second-order valence-corrected chi connectivity index (χ2v) is 6.18. The lowest BCUT2D eigenvalue weighted by molar-refractivity contribution is 0.243. The maximum Gasteiger partial charge on any atom is 0.264 e. The van der Waals surface area contributed by atoms with Crippen molar-refractivity contribution in [1.29, 1.82) is 0 Å². The van der Waals surface area contributed by atoms with Gasteiger partial charge in [0.05, 0.1) is 23.7 Å². The Morgan fingerprint density at radius 1 is 1.21 bits per heavy atom. The molecular formula is C20H17FN6O2. The largest absolute Gasteiger partial charge is 0.484 e. The summed E-state index contributed by atoms with van der Waals surface area (Å²) in [4.78, 5) is 8.28. The van der Waals surface area contributed by atoms with Crippen molar-refractivity contribution >= 4 is 12.2 Å². The van der Waals surface area contributed by atoms with E-state index in [0.29, 0.717) is 11.3 Å². The summed E-state index contributed by atoms with van der Waals surface area (Å²) in [5.41, 5.74) is 7.34. The van der Waals surface area contributed by atoms with Crippen LogP contribution in [0, 0.1) is 12.7 Å². The molecule has 2 heterocycles. The molecule has 2 aromatic heterocycles. The molecule has 0 fully saturated rings. The third-order valence-electron chi connectivity index (χ3n) is 3.97. The van der Waals surface area contributed by atoms with E-state index < -0.39 is 5.82 Å². The Morgan fingerprint density at radius 2 is 2.03 bits per heavy atom. The monoisotopic (exact) mass is 392 g/mol. The predicted molar refractivity (Wildman–Crippen MR) is 105 cm³/mol. The van der Waals surface area contributed by atoms with Gasteiger partial charge in [0, 0.05) is 0 Å². The van der Waals surface area contributed by atoms with Crippen LogP contribution in [0.1, 0.15) is 17.1 Å². The lowest BCUT2D eigenvalue weighted by Crippen LogP contribution is -1.98. The maximum absolute atomic E-state index is 14.3. The van der Waals surface area contributed by atoms with Crippen LogP contribution < -0.4 is 10.5 Å². The fourth-order valence-electron chi connectivity index (χ4n) is 2.60. The summed E-state index contributed by atoms with van der Waals surface area (Å²) < 4.78 is 26.5. The molecule has 0 unspecified atom stereocenters. The molecule has 0 aliphatic heterocycles. The second-order valence-electron chi connectivity index (χ2n) is 6.18. The van der Waals surface area contributed by atoms with E-state index in [0.717, 1.165) is 5.69 Å². The van der Waals surface area contributed by atoms with Crippen molar-refractivity contribution in [2.24, 2.45) is 5.10 Å². The van der Waals surface area contributed by atoms with E-state index in [1.807, 2.05) is 37.3 Å². The molecule has 4 aromatic rings. The average molecular weight is 392 g/mol. The molecule has 0 bridgehead atoms. The highest BCUT2D eigenvalue weighted by Gasteiger charge is 2.14. The number of ether oxygens (including phenoxy) is 1. The van der Waals surface area contributed by atoms with Crippen molar-refractivity contribution in [3.63, 3.8) is 0 Å². The quantitative estimate of drug-likeness (QED) is 0.504. The molecule has 0 atom stereocenters. The Kier molecular flexibility index (Phi) is 5.02. The fraction of sp³-hybridized carbons (Fsp3) is 0.100. The summed E-state index contributed by atoms with van der Waals surface area (Å²) in [6, 6.07) is 13.7. The first kappa shape index (κ1) is 18.4. The molecule has 0 saturated carbocycles. The number of halogens is 1.